The summed E-state index contributed by atoms with van der Waals surface area (Å²) in [5.74, 6) is -0.00703. The van der Waals surface area contributed by atoms with Crippen LogP contribution in [0, 0.1) is 11.3 Å². The van der Waals surface area contributed by atoms with Gasteiger partial charge in [0.15, 0.2) is 0 Å². The highest BCUT2D eigenvalue weighted by atomic mass is 16.8. The third kappa shape index (κ3) is 12.0. The maximum atomic E-state index is 11.3. The van der Waals surface area contributed by atoms with Gasteiger partial charge < -0.3 is 48.4 Å². The minimum Gasteiger partial charge on any atom is -0.430 e. The van der Waals surface area contributed by atoms with Crippen LogP contribution in [-0.2, 0) is 42.6 Å². The number of methoxy groups -OCH3 is 1. The summed E-state index contributed by atoms with van der Waals surface area (Å²) >= 11 is 0. The molecule has 12 heteroatoms. The molecule has 2 aliphatic rings. The number of cyclic esters (lactones) is 4. The summed E-state index contributed by atoms with van der Waals surface area (Å²) in [7, 11) is 1.68. The first-order chi connectivity index (χ1) is 19.7. The lowest BCUT2D eigenvalue weighted by molar-refractivity contribution is -0.199. The molecule has 0 aliphatic carbocycles. The summed E-state index contributed by atoms with van der Waals surface area (Å²) in [4.78, 5) is 22.6. The van der Waals surface area contributed by atoms with Crippen LogP contribution in [0.25, 0.3) is 0 Å². The third-order valence-electron chi connectivity index (χ3n) is 8.68. The van der Waals surface area contributed by atoms with Crippen molar-refractivity contribution < 1.29 is 52.2 Å². The van der Waals surface area contributed by atoms with E-state index in [-0.39, 0.29) is 31.3 Å². The Bertz CT molecular complexity index is 906. The summed E-state index contributed by atoms with van der Waals surface area (Å²) < 4.78 is 51.3. The van der Waals surface area contributed by atoms with Gasteiger partial charge in [-0.3, -0.25) is 0 Å². The van der Waals surface area contributed by atoms with E-state index >= 15 is 0 Å². The smallest absolute Gasteiger partial charge is 0.430 e. The molecule has 2 N–H and O–H groups in total. The summed E-state index contributed by atoms with van der Waals surface area (Å²) in [5.41, 5.74) is 3.22. The van der Waals surface area contributed by atoms with Crippen LogP contribution >= 0.6 is 0 Å². The largest absolute Gasteiger partial charge is 0.508 e. The Morgan fingerprint density at radius 2 is 1.33 bits per heavy atom. The normalized spacial score (nSPS) is 23.9. The molecule has 2 saturated heterocycles. The molecule has 0 saturated carbocycles. The number of carbonyl (C=O) groups excluding carboxylic acids is 2. The average molecular weight is 620 g/mol. The number of carbonyl (C=O) groups is 2. The van der Waals surface area contributed by atoms with Crippen molar-refractivity contribution in [2.24, 2.45) is 17.1 Å². The van der Waals surface area contributed by atoms with Crippen LogP contribution in [0.4, 0.5) is 9.59 Å². The molecule has 43 heavy (non-hydrogen) atoms. The van der Waals surface area contributed by atoms with Gasteiger partial charge >= 0.3 is 12.3 Å². The third-order valence-corrected chi connectivity index (χ3v) is 8.68. The molecule has 0 aromatic carbocycles. The van der Waals surface area contributed by atoms with E-state index in [2.05, 4.69) is 13.8 Å². The van der Waals surface area contributed by atoms with Gasteiger partial charge in [0.2, 0.25) is 0 Å². The van der Waals surface area contributed by atoms with Gasteiger partial charge in [-0.05, 0) is 61.8 Å². The van der Waals surface area contributed by atoms with E-state index in [9.17, 15) is 9.59 Å². The minimum atomic E-state index is -0.992. The zero-order valence-electron chi connectivity index (χ0n) is 28.2. The van der Waals surface area contributed by atoms with E-state index in [4.69, 9.17) is 48.4 Å². The molecule has 0 aromatic heterocycles. The molecule has 252 valence electrons. The lowest BCUT2D eigenvalue weighted by atomic mass is 9.86. The maximum Gasteiger partial charge on any atom is 0.508 e. The average Bonchev–Trinajstić information content (AvgIpc) is 3.49. The van der Waals surface area contributed by atoms with Crippen molar-refractivity contribution in [2.45, 2.75) is 129 Å². The highest BCUT2D eigenvalue weighted by molar-refractivity contribution is 5.62. The highest BCUT2D eigenvalue weighted by Crippen LogP contribution is 2.34. The molecular formula is C31H57NO11. The molecular weight excluding hydrogens is 562 g/mol. The van der Waals surface area contributed by atoms with Crippen LogP contribution in [0.3, 0.4) is 0 Å². The van der Waals surface area contributed by atoms with E-state index < -0.39 is 46.4 Å². The van der Waals surface area contributed by atoms with Crippen molar-refractivity contribution in [3.05, 3.63) is 0 Å². The molecule has 2 aliphatic heterocycles. The van der Waals surface area contributed by atoms with Crippen molar-refractivity contribution in [1.29, 1.82) is 0 Å². The van der Waals surface area contributed by atoms with Crippen LogP contribution in [0.2, 0.25) is 0 Å². The molecule has 0 spiro atoms. The van der Waals surface area contributed by atoms with Crippen LogP contribution in [-0.4, -0.2) is 99.9 Å². The van der Waals surface area contributed by atoms with Crippen molar-refractivity contribution in [2.75, 3.05) is 46.8 Å². The van der Waals surface area contributed by atoms with Gasteiger partial charge in [-0.2, -0.15) is 0 Å². The molecule has 6 atom stereocenters. The van der Waals surface area contributed by atoms with Gasteiger partial charge in [-0.25, -0.2) is 9.59 Å². The standard InChI is InChI=1S/C31H57NO11/c1-12-31(18-35-11,20-40-29(8,9)22(3)43-27(4,5)13-23-16-36-25(33)41-23)19-39-28(6,7)21(2)15-38-30(10,32)14-24-17-37-26(34)42-24/h21-24H,12-20,32H2,1-11H3. The fourth-order valence-electron chi connectivity index (χ4n) is 4.85. The summed E-state index contributed by atoms with van der Waals surface area (Å²) in [5, 5.41) is 0. The van der Waals surface area contributed by atoms with E-state index in [0.29, 0.717) is 39.3 Å². The van der Waals surface area contributed by atoms with Crippen LogP contribution in [0.15, 0.2) is 0 Å². The molecule has 12 nitrogen and oxygen atoms in total. The maximum absolute atomic E-state index is 11.3. The van der Waals surface area contributed by atoms with Gasteiger partial charge in [0.25, 0.3) is 0 Å². The number of ether oxygens (including phenoxy) is 9. The molecule has 0 bridgehead atoms. The number of nitrogens with two attached hydrogens (primary N) is 1. The van der Waals surface area contributed by atoms with Crippen molar-refractivity contribution in [3.8, 4) is 0 Å². The van der Waals surface area contributed by atoms with Crippen LogP contribution < -0.4 is 5.73 Å². The first-order valence-electron chi connectivity index (χ1n) is 15.3. The summed E-state index contributed by atoms with van der Waals surface area (Å²) in [6.45, 7) is 21.9. The lowest BCUT2D eigenvalue weighted by Crippen LogP contribution is -2.49. The fourth-order valence-corrected chi connectivity index (χ4v) is 4.85. The SMILES string of the molecule is CCC(COC)(COC(C)(C)C(C)COC(C)(N)CC1COC(=O)O1)COC(C)(C)C(C)OC(C)(C)CC1COC(=O)O1. The molecule has 0 amide bonds. The van der Waals surface area contributed by atoms with Crippen molar-refractivity contribution >= 4 is 12.3 Å². The van der Waals surface area contributed by atoms with E-state index in [1.54, 1.807) is 14.0 Å². The summed E-state index contributed by atoms with van der Waals surface area (Å²) in [6.07, 6.45) is -0.729. The second-order valence-electron chi connectivity index (χ2n) is 14.1. The van der Waals surface area contributed by atoms with Gasteiger partial charge in [0.05, 0.1) is 49.3 Å². The Hall–Kier alpha value is -1.70. The highest BCUT2D eigenvalue weighted by Gasteiger charge is 2.41. The molecule has 2 heterocycles. The number of hydrogen-bond acceptors (Lipinski definition) is 12. The van der Waals surface area contributed by atoms with E-state index in [0.717, 1.165) is 6.42 Å². The van der Waals surface area contributed by atoms with E-state index in [1.165, 1.54) is 0 Å². The quantitative estimate of drug-likeness (QED) is 0.145. The molecule has 6 unspecified atom stereocenters. The topological polar surface area (TPSA) is 143 Å². The predicted octanol–water partition coefficient (Wildman–Crippen LogP) is 4.98. The predicted molar refractivity (Wildman–Crippen MR) is 159 cm³/mol. The van der Waals surface area contributed by atoms with Crippen LogP contribution in [0.1, 0.15) is 88.5 Å². The molecule has 0 radical (unpaired) electrons. The first-order valence-corrected chi connectivity index (χ1v) is 15.3. The van der Waals surface area contributed by atoms with Gasteiger partial charge in [-0.15, -0.1) is 0 Å². The van der Waals surface area contributed by atoms with Gasteiger partial charge in [0, 0.05) is 31.3 Å². The molecule has 0 aromatic rings. The number of hydrogen-bond donors (Lipinski definition) is 1. The van der Waals surface area contributed by atoms with E-state index in [1.807, 2.05) is 48.5 Å². The Kier molecular flexibility index (Phi) is 13.1. The Morgan fingerprint density at radius 3 is 1.79 bits per heavy atom. The second-order valence-corrected chi connectivity index (χ2v) is 14.1. The summed E-state index contributed by atoms with van der Waals surface area (Å²) in [6, 6.07) is 0. The fraction of sp³-hybridized carbons (Fsp3) is 0.935. The lowest BCUT2D eigenvalue weighted by Gasteiger charge is -2.42. The van der Waals surface area contributed by atoms with Gasteiger partial charge in [-0.1, -0.05) is 13.8 Å². The van der Waals surface area contributed by atoms with Crippen LogP contribution in [0.5, 0.6) is 0 Å². The van der Waals surface area contributed by atoms with Crippen molar-refractivity contribution in [1.82, 2.24) is 0 Å². The monoisotopic (exact) mass is 619 g/mol. The van der Waals surface area contributed by atoms with Gasteiger partial charge in [0.1, 0.15) is 31.1 Å². The molecule has 2 fully saturated rings. The Balaban J connectivity index is 1.94. The molecule has 2 rings (SSSR count). The van der Waals surface area contributed by atoms with Crippen molar-refractivity contribution in [3.63, 3.8) is 0 Å². The zero-order chi connectivity index (χ0) is 32.7. The first kappa shape index (κ1) is 37.5. The second kappa shape index (κ2) is 15.1. The number of rotatable bonds is 20. The minimum absolute atomic E-state index is 0.00703. The zero-order valence-corrected chi connectivity index (χ0v) is 28.2. The Morgan fingerprint density at radius 1 is 0.814 bits per heavy atom. The Labute approximate surface area is 257 Å².